The van der Waals surface area contributed by atoms with Crippen LogP contribution in [0.2, 0.25) is 5.02 Å². The van der Waals surface area contributed by atoms with Gasteiger partial charge < -0.3 is 9.80 Å². The summed E-state index contributed by atoms with van der Waals surface area (Å²) in [7, 11) is -3.59. The Hall–Kier alpha value is -2.09. The highest BCUT2D eigenvalue weighted by atomic mass is 35.5. The van der Waals surface area contributed by atoms with Crippen LogP contribution in [0.5, 0.6) is 0 Å². The predicted octanol–water partition coefficient (Wildman–Crippen LogP) is 3.85. The van der Waals surface area contributed by atoms with E-state index in [1.165, 1.54) is 0 Å². The molecule has 0 saturated carbocycles. The van der Waals surface area contributed by atoms with Crippen molar-refractivity contribution in [3.8, 4) is 0 Å². The summed E-state index contributed by atoms with van der Waals surface area (Å²) in [4.78, 5) is 16.5. The number of carbonyl (C=O) groups is 1. The summed E-state index contributed by atoms with van der Waals surface area (Å²) in [6, 6.07) is 11.0. The molecule has 2 aliphatic rings. The fourth-order valence-electron chi connectivity index (χ4n) is 4.43. The van der Waals surface area contributed by atoms with Gasteiger partial charge in [0.15, 0.2) is 0 Å². The molecule has 2 aromatic carbocycles. The number of nitrogens with zero attached hydrogens (tertiary/aromatic N) is 3. The number of benzene rings is 2. The average molecular weight is 462 g/mol. The molecule has 0 atom stereocenters. The van der Waals surface area contributed by atoms with Crippen LogP contribution in [0.1, 0.15) is 30.9 Å². The monoisotopic (exact) mass is 461 g/mol. The molecule has 6 nitrogen and oxygen atoms in total. The third-order valence-electron chi connectivity index (χ3n) is 6.16. The van der Waals surface area contributed by atoms with E-state index >= 15 is 0 Å². The van der Waals surface area contributed by atoms with Crippen molar-refractivity contribution in [1.82, 2.24) is 4.31 Å². The Kier molecular flexibility index (Phi) is 6.28. The Morgan fingerprint density at radius 3 is 2.45 bits per heavy atom. The second-order valence-electron chi connectivity index (χ2n) is 8.11. The molecule has 8 heteroatoms. The normalized spacial score (nSPS) is 17.5. The highest BCUT2D eigenvalue weighted by Crippen LogP contribution is 2.32. The van der Waals surface area contributed by atoms with Gasteiger partial charge in [-0.2, -0.15) is 4.31 Å². The van der Waals surface area contributed by atoms with Crippen LogP contribution in [0.3, 0.4) is 0 Å². The van der Waals surface area contributed by atoms with Crippen LogP contribution in [0.4, 0.5) is 11.4 Å². The molecule has 0 radical (unpaired) electrons. The molecule has 0 aromatic heterocycles. The maximum Gasteiger partial charge on any atom is 0.243 e. The minimum Gasteiger partial charge on any atom is -0.369 e. The molecule has 31 heavy (non-hydrogen) atoms. The Bertz CT molecular complexity index is 1100. The Labute approximate surface area is 189 Å². The fraction of sp³-hybridized carbons (Fsp3) is 0.435. The van der Waals surface area contributed by atoms with Crippen molar-refractivity contribution in [3.05, 3.63) is 52.5 Å². The van der Waals surface area contributed by atoms with Gasteiger partial charge in [-0.1, -0.05) is 24.6 Å². The quantitative estimate of drug-likeness (QED) is 0.693. The molecule has 1 fully saturated rings. The molecule has 2 aromatic rings. The van der Waals surface area contributed by atoms with E-state index in [9.17, 15) is 13.2 Å². The molecule has 2 heterocycles. The van der Waals surface area contributed by atoms with Crippen LogP contribution in [0.15, 0.2) is 41.3 Å². The summed E-state index contributed by atoms with van der Waals surface area (Å²) >= 11 is 6.16. The highest BCUT2D eigenvalue weighted by Gasteiger charge is 2.30. The van der Waals surface area contributed by atoms with Crippen LogP contribution in [-0.4, -0.2) is 51.4 Å². The minimum absolute atomic E-state index is 0.0731. The summed E-state index contributed by atoms with van der Waals surface area (Å²) < 4.78 is 28.2. The van der Waals surface area contributed by atoms with Crippen molar-refractivity contribution >= 4 is 38.9 Å². The first kappa shape index (κ1) is 22.1. The molecule has 0 N–H and O–H groups in total. The van der Waals surface area contributed by atoms with Gasteiger partial charge in [0.2, 0.25) is 15.9 Å². The molecule has 0 unspecified atom stereocenters. The van der Waals surface area contributed by atoms with Gasteiger partial charge >= 0.3 is 0 Å². The molecule has 0 spiro atoms. The van der Waals surface area contributed by atoms with Gasteiger partial charge in [-0.05, 0) is 61.2 Å². The molecule has 1 amide bonds. The number of halogens is 1. The predicted molar refractivity (Wildman–Crippen MR) is 125 cm³/mol. The first-order chi connectivity index (χ1) is 14.8. The van der Waals surface area contributed by atoms with Crippen LogP contribution < -0.4 is 9.80 Å². The van der Waals surface area contributed by atoms with E-state index < -0.39 is 10.0 Å². The van der Waals surface area contributed by atoms with Crippen LogP contribution >= 0.6 is 11.6 Å². The lowest BCUT2D eigenvalue weighted by Crippen LogP contribution is -2.48. The van der Waals surface area contributed by atoms with Gasteiger partial charge in [-0.25, -0.2) is 8.42 Å². The molecule has 4 rings (SSSR count). The number of anilines is 2. The van der Waals surface area contributed by atoms with E-state index in [-0.39, 0.29) is 5.91 Å². The second kappa shape index (κ2) is 8.81. The summed E-state index contributed by atoms with van der Waals surface area (Å²) in [6.45, 7) is 6.65. The van der Waals surface area contributed by atoms with E-state index in [0.29, 0.717) is 49.1 Å². The number of sulfonamides is 1. The van der Waals surface area contributed by atoms with Gasteiger partial charge in [0, 0.05) is 55.5 Å². The Balaban J connectivity index is 1.52. The largest absolute Gasteiger partial charge is 0.369 e. The first-order valence-electron chi connectivity index (χ1n) is 10.8. The average Bonchev–Trinajstić information content (AvgIpc) is 2.79. The van der Waals surface area contributed by atoms with E-state index in [1.807, 2.05) is 32.0 Å². The molecular formula is C23H28ClN3O3S. The highest BCUT2D eigenvalue weighted by molar-refractivity contribution is 7.89. The maximum atomic E-state index is 13.3. The van der Waals surface area contributed by atoms with Crippen molar-refractivity contribution in [2.45, 2.75) is 38.0 Å². The maximum absolute atomic E-state index is 13.3. The van der Waals surface area contributed by atoms with Gasteiger partial charge in [0.05, 0.1) is 4.90 Å². The summed E-state index contributed by atoms with van der Waals surface area (Å²) in [5.41, 5.74) is 3.96. The number of rotatable bonds is 4. The number of amides is 1. The van der Waals surface area contributed by atoms with Crippen molar-refractivity contribution in [1.29, 1.82) is 0 Å². The number of fused-ring (bicyclic) bond motifs is 1. The van der Waals surface area contributed by atoms with Gasteiger partial charge in [0.25, 0.3) is 0 Å². The number of carbonyl (C=O) groups excluding carboxylic acids is 1. The fourth-order valence-corrected chi connectivity index (χ4v) is 6.07. The summed E-state index contributed by atoms with van der Waals surface area (Å²) in [6.07, 6.45) is 2.07. The zero-order valence-electron chi connectivity index (χ0n) is 18.0. The van der Waals surface area contributed by atoms with E-state index in [4.69, 9.17) is 11.6 Å². The molecule has 0 aliphatic carbocycles. The number of hydrogen-bond donors (Lipinski definition) is 0. The van der Waals surface area contributed by atoms with E-state index in [1.54, 1.807) is 27.4 Å². The molecule has 2 aliphatic heterocycles. The smallest absolute Gasteiger partial charge is 0.243 e. The van der Waals surface area contributed by atoms with Crippen molar-refractivity contribution in [3.63, 3.8) is 0 Å². The Morgan fingerprint density at radius 1 is 1.00 bits per heavy atom. The van der Waals surface area contributed by atoms with Crippen molar-refractivity contribution in [2.75, 3.05) is 42.5 Å². The van der Waals surface area contributed by atoms with Crippen molar-refractivity contribution in [2.24, 2.45) is 0 Å². The first-order valence-corrected chi connectivity index (χ1v) is 12.6. The van der Waals surface area contributed by atoms with Gasteiger partial charge in [-0.3, -0.25) is 4.79 Å². The SMILES string of the molecule is CCC(=O)N1CCCc2cc(S(=O)(=O)N3CCN(c4cc(Cl)ccc4C)CC3)ccc21. The third kappa shape index (κ3) is 4.31. The summed E-state index contributed by atoms with van der Waals surface area (Å²) in [5.74, 6) is 0.0731. The topological polar surface area (TPSA) is 60.9 Å². The number of piperazine rings is 1. The van der Waals surface area contributed by atoms with Crippen LogP contribution in [0, 0.1) is 6.92 Å². The zero-order chi connectivity index (χ0) is 22.2. The molecule has 166 valence electrons. The Morgan fingerprint density at radius 2 is 1.74 bits per heavy atom. The third-order valence-corrected chi connectivity index (χ3v) is 8.29. The standard InChI is InChI=1S/C23H28ClN3O3S/c1-3-23(28)27-10-4-5-18-15-20(8-9-21(18)27)31(29,30)26-13-11-25(12-14-26)22-16-19(24)7-6-17(22)2/h6-9,15-16H,3-5,10-14H2,1-2H3. The van der Waals surface area contributed by atoms with Crippen LogP contribution in [0.25, 0.3) is 0 Å². The van der Waals surface area contributed by atoms with Crippen LogP contribution in [-0.2, 0) is 21.2 Å². The molecular weight excluding hydrogens is 434 g/mol. The van der Waals surface area contributed by atoms with Gasteiger partial charge in [0.1, 0.15) is 0 Å². The molecule has 1 saturated heterocycles. The number of hydrogen-bond acceptors (Lipinski definition) is 4. The number of aryl methyl sites for hydroxylation is 2. The second-order valence-corrected chi connectivity index (χ2v) is 10.5. The van der Waals surface area contributed by atoms with Gasteiger partial charge in [-0.15, -0.1) is 0 Å². The summed E-state index contributed by atoms with van der Waals surface area (Å²) in [5, 5.41) is 0.681. The lowest BCUT2D eigenvalue weighted by molar-refractivity contribution is -0.118. The zero-order valence-corrected chi connectivity index (χ0v) is 19.5. The minimum atomic E-state index is -3.59. The lowest BCUT2D eigenvalue weighted by atomic mass is 10.0. The van der Waals surface area contributed by atoms with Crippen molar-refractivity contribution < 1.29 is 13.2 Å². The van der Waals surface area contributed by atoms with E-state index in [2.05, 4.69) is 4.90 Å². The van der Waals surface area contributed by atoms with E-state index in [0.717, 1.165) is 35.3 Å². The lowest BCUT2D eigenvalue weighted by Gasteiger charge is -2.36. The molecule has 0 bridgehead atoms.